The minimum absolute atomic E-state index is 0.163. The van der Waals surface area contributed by atoms with Crippen LogP contribution in [0.3, 0.4) is 0 Å². The fourth-order valence-corrected chi connectivity index (χ4v) is 5.12. The highest BCUT2D eigenvalue weighted by Crippen LogP contribution is 2.37. The molecule has 0 radical (unpaired) electrons. The average Bonchev–Trinajstić information content (AvgIpc) is 3.01. The number of nitrogens with zero attached hydrogens (tertiary/aromatic N) is 4. The van der Waals surface area contributed by atoms with Gasteiger partial charge in [0, 0.05) is 12.1 Å². The van der Waals surface area contributed by atoms with Gasteiger partial charge in [0.15, 0.2) is 0 Å². The second kappa shape index (κ2) is 8.54. The van der Waals surface area contributed by atoms with Gasteiger partial charge in [-0.05, 0) is 63.2 Å². The Kier molecular flexibility index (Phi) is 6.25. The van der Waals surface area contributed by atoms with E-state index in [1.54, 1.807) is 20.8 Å². The van der Waals surface area contributed by atoms with Crippen LogP contribution in [0.25, 0.3) is 5.69 Å². The Bertz CT molecular complexity index is 1210. The van der Waals surface area contributed by atoms with Crippen molar-refractivity contribution < 1.29 is 13.3 Å². The zero-order valence-electron chi connectivity index (χ0n) is 16.9. The Hall–Kier alpha value is -2.76. The first-order valence-electron chi connectivity index (χ1n) is 9.07. The van der Waals surface area contributed by atoms with Gasteiger partial charge in [-0.2, -0.15) is 0 Å². The maximum atomic E-state index is 12.4. The summed E-state index contributed by atoms with van der Waals surface area (Å²) in [5.74, 6) is 0.634. The molecule has 3 rings (SSSR count). The van der Waals surface area contributed by atoms with Gasteiger partial charge in [-0.25, -0.2) is 13.1 Å². The molecule has 0 atom stereocenters. The normalized spacial score (nSPS) is 11.8. The average molecular weight is 448 g/mol. The van der Waals surface area contributed by atoms with Crippen molar-refractivity contribution in [3.63, 3.8) is 0 Å². The molecule has 0 aliphatic heterocycles. The van der Waals surface area contributed by atoms with Crippen molar-refractivity contribution >= 4 is 27.5 Å². The topological polar surface area (TPSA) is 120 Å². The SMILES string of the molecule is Cc1ccccc1-n1c(C)nnc1Sc1ccc(S(=O)(=O)NC(C)C)cc1[N+](=O)[O-]. The van der Waals surface area contributed by atoms with Crippen molar-refractivity contribution in [3.8, 4) is 5.69 Å². The Labute approximate surface area is 178 Å². The molecule has 0 amide bonds. The van der Waals surface area contributed by atoms with Crippen LogP contribution >= 0.6 is 11.8 Å². The van der Waals surface area contributed by atoms with Crippen LogP contribution in [0.4, 0.5) is 5.69 Å². The third-order valence-electron chi connectivity index (χ3n) is 4.18. The van der Waals surface area contributed by atoms with E-state index in [0.717, 1.165) is 29.1 Å². The summed E-state index contributed by atoms with van der Waals surface area (Å²) in [6.07, 6.45) is 0. The summed E-state index contributed by atoms with van der Waals surface area (Å²) in [4.78, 5) is 11.2. The van der Waals surface area contributed by atoms with Gasteiger partial charge in [0.25, 0.3) is 5.69 Å². The van der Waals surface area contributed by atoms with Crippen LogP contribution in [0.1, 0.15) is 25.2 Å². The highest BCUT2D eigenvalue weighted by atomic mass is 32.2. The first kappa shape index (κ1) is 21.9. The molecule has 0 aliphatic rings. The quantitative estimate of drug-likeness (QED) is 0.434. The molecule has 0 bridgehead atoms. The molecule has 0 unspecified atom stereocenters. The molecule has 0 spiro atoms. The lowest BCUT2D eigenvalue weighted by Gasteiger charge is -2.12. The number of benzene rings is 2. The molecular weight excluding hydrogens is 426 g/mol. The Morgan fingerprint density at radius 2 is 1.83 bits per heavy atom. The zero-order valence-corrected chi connectivity index (χ0v) is 18.5. The number of nitro groups is 1. The van der Waals surface area contributed by atoms with E-state index in [1.807, 2.05) is 35.8 Å². The maximum Gasteiger partial charge on any atom is 0.284 e. The van der Waals surface area contributed by atoms with Crippen molar-refractivity contribution in [1.29, 1.82) is 0 Å². The van der Waals surface area contributed by atoms with Crippen LogP contribution in [0.5, 0.6) is 0 Å². The lowest BCUT2D eigenvalue weighted by atomic mass is 10.2. The molecule has 1 heterocycles. The van der Waals surface area contributed by atoms with Gasteiger partial charge in [-0.1, -0.05) is 18.2 Å². The molecule has 158 valence electrons. The van der Waals surface area contributed by atoms with Crippen LogP contribution < -0.4 is 4.72 Å². The van der Waals surface area contributed by atoms with Gasteiger partial charge in [0.2, 0.25) is 15.2 Å². The van der Waals surface area contributed by atoms with E-state index < -0.39 is 14.9 Å². The predicted molar refractivity (Wildman–Crippen MR) is 114 cm³/mol. The predicted octanol–water partition coefficient (Wildman–Crippen LogP) is 3.63. The minimum atomic E-state index is -3.85. The van der Waals surface area contributed by atoms with Crippen LogP contribution in [-0.2, 0) is 10.0 Å². The summed E-state index contributed by atoms with van der Waals surface area (Å²) in [5.41, 5.74) is 1.55. The summed E-state index contributed by atoms with van der Waals surface area (Å²) >= 11 is 1.06. The number of aryl methyl sites for hydroxylation is 2. The maximum absolute atomic E-state index is 12.4. The Balaban J connectivity index is 2.05. The first-order chi connectivity index (χ1) is 14.1. The van der Waals surface area contributed by atoms with Crippen molar-refractivity contribution in [2.24, 2.45) is 0 Å². The third-order valence-corrected chi connectivity index (χ3v) is 6.85. The van der Waals surface area contributed by atoms with E-state index in [4.69, 9.17) is 0 Å². The number of hydrogen-bond donors (Lipinski definition) is 1. The second-order valence-corrected chi connectivity index (χ2v) is 9.64. The number of rotatable bonds is 7. The molecule has 30 heavy (non-hydrogen) atoms. The number of sulfonamides is 1. The summed E-state index contributed by atoms with van der Waals surface area (Å²) < 4.78 is 29.0. The standard InChI is InChI=1S/C19H21N5O4S2/c1-12(2)22-30(27,28)15-9-10-18(17(11-15)24(25)26)29-19-21-20-14(4)23(19)16-8-6-5-7-13(16)3/h5-12,22H,1-4H3. The van der Waals surface area contributed by atoms with Crippen molar-refractivity contribution in [1.82, 2.24) is 19.5 Å². The van der Waals surface area contributed by atoms with Crippen molar-refractivity contribution in [2.45, 2.75) is 48.7 Å². The summed E-state index contributed by atoms with van der Waals surface area (Å²) in [6.45, 7) is 7.10. The van der Waals surface area contributed by atoms with Crippen LogP contribution in [0.2, 0.25) is 0 Å². The number of nitro benzene ring substituents is 1. The molecule has 3 aromatic rings. The molecule has 0 aliphatic carbocycles. The van der Waals surface area contributed by atoms with E-state index in [0.29, 0.717) is 11.0 Å². The zero-order chi connectivity index (χ0) is 22.1. The van der Waals surface area contributed by atoms with Gasteiger partial charge >= 0.3 is 0 Å². The fraction of sp³-hybridized carbons (Fsp3) is 0.263. The summed E-state index contributed by atoms with van der Waals surface area (Å²) in [7, 11) is -3.85. The van der Waals surface area contributed by atoms with E-state index in [1.165, 1.54) is 12.1 Å². The molecule has 11 heteroatoms. The minimum Gasteiger partial charge on any atom is -0.274 e. The fourth-order valence-electron chi connectivity index (χ4n) is 2.87. The molecule has 0 fully saturated rings. The molecule has 1 N–H and O–H groups in total. The lowest BCUT2D eigenvalue weighted by Crippen LogP contribution is -2.30. The smallest absolute Gasteiger partial charge is 0.274 e. The first-order valence-corrected chi connectivity index (χ1v) is 11.4. The molecule has 1 aromatic heterocycles. The molecule has 0 saturated heterocycles. The van der Waals surface area contributed by atoms with Crippen LogP contribution in [0.15, 0.2) is 57.4 Å². The van der Waals surface area contributed by atoms with Crippen molar-refractivity contribution in [3.05, 3.63) is 64.0 Å². The number of nitrogens with one attached hydrogen (secondary N) is 1. The monoisotopic (exact) mass is 447 g/mol. The Morgan fingerprint density at radius 3 is 2.47 bits per heavy atom. The number of hydrogen-bond acceptors (Lipinski definition) is 7. The highest BCUT2D eigenvalue weighted by molar-refractivity contribution is 7.99. The van der Waals surface area contributed by atoms with Gasteiger partial charge < -0.3 is 0 Å². The van der Waals surface area contributed by atoms with E-state index >= 15 is 0 Å². The van der Waals surface area contributed by atoms with Gasteiger partial charge in [-0.3, -0.25) is 14.7 Å². The van der Waals surface area contributed by atoms with Gasteiger partial charge in [0.1, 0.15) is 5.82 Å². The summed E-state index contributed by atoms with van der Waals surface area (Å²) in [5, 5.41) is 20.4. The molecular formula is C19H21N5O4S2. The third kappa shape index (κ3) is 4.53. The van der Waals surface area contributed by atoms with Crippen molar-refractivity contribution in [2.75, 3.05) is 0 Å². The largest absolute Gasteiger partial charge is 0.284 e. The van der Waals surface area contributed by atoms with Crippen LogP contribution in [-0.4, -0.2) is 34.1 Å². The highest BCUT2D eigenvalue weighted by Gasteiger charge is 2.24. The molecule has 9 nitrogen and oxygen atoms in total. The molecule has 2 aromatic carbocycles. The number of aromatic nitrogens is 3. The van der Waals surface area contributed by atoms with E-state index in [-0.39, 0.29) is 21.5 Å². The van der Waals surface area contributed by atoms with Crippen LogP contribution in [0, 0.1) is 24.0 Å². The second-order valence-electron chi connectivity index (χ2n) is 6.92. The van der Waals surface area contributed by atoms with E-state index in [9.17, 15) is 18.5 Å². The van der Waals surface area contributed by atoms with Gasteiger partial charge in [0.05, 0.1) is 20.4 Å². The summed E-state index contributed by atoms with van der Waals surface area (Å²) in [6, 6.07) is 11.2. The number of para-hydroxylation sites is 1. The molecule has 0 saturated carbocycles. The lowest BCUT2D eigenvalue weighted by molar-refractivity contribution is -0.388. The van der Waals surface area contributed by atoms with E-state index in [2.05, 4.69) is 14.9 Å². The van der Waals surface area contributed by atoms with Gasteiger partial charge in [-0.15, -0.1) is 10.2 Å². The Morgan fingerprint density at radius 1 is 1.13 bits per heavy atom.